The van der Waals surface area contributed by atoms with Gasteiger partial charge in [-0.3, -0.25) is 0 Å². The van der Waals surface area contributed by atoms with Gasteiger partial charge in [0.15, 0.2) is 0 Å². The predicted octanol–water partition coefficient (Wildman–Crippen LogP) is 3.37. The third-order valence-corrected chi connectivity index (χ3v) is 3.01. The Hall–Kier alpha value is -2.16. The van der Waals surface area contributed by atoms with E-state index in [1.165, 1.54) is 12.1 Å². The topological polar surface area (TPSA) is 66.3 Å². The van der Waals surface area contributed by atoms with Crippen LogP contribution in [0.3, 0.4) is 0 Å². The second-order valence-electron chi connectivity index (χ2n) is 3.34. The number of rotatable bonds is 2. The number of alkyl halides is 3. The number of aromatic nitrogens is 2. The molecule has 0 unspecified atom stereocenters. The van der Waals surface area contributed by atoms with Crippen LogP contribution >= 0.6 is 11.3 Å². The van der Waals surface area contributed by atoms with E-state index < -0.39 is 17.3 Å². The standard InChI is InChI=1S/C10H6F3N3O2S/c11-10(12,13)7-14-15-8(19-7)16(9(17)18)6-4-2-1-3-5-6/h1-5H,(H,17,18). The second-order valence-corrected chi connectivity index (χ2v) is 4.30. The molecule has 19 heavy (non-hydrogen) atoms. The zero-order valence-electron chi connectivity index (χ0n) is 9.13. The van der Waals surface area contributed by atoms with Crippen molar-refractivity contribution in [1.82, 2.24) is 10.2 Å². The molecule has 0 bridgehead atoms. The van der Waals surface area contributed by atoms with E-state index in [9.17, 15) is 18.0 Å². The van der Waals surface area contributed by atoms with Gasteiger partial charge in [-0.1, -0.05) is 29.5 Å². The number of para-hydroxylation sites is 1. The molecule has 1 aromatic heterocycles. The number of halogens is 3. The van der Waals surface area contributed by atoms with E-state index in [2.05, 4.69) is 10.2 Å². The lowest BCUT2D eigenvalue weighted by Crippen LogP contribution is -2.23. The first-order chi connectivity index (χ1) is 8.89. The molecule has 5 nitrogen and oxygen atoms in total. The summed E-state index contributed by atoms with van der Waals surface area (Å²) in [6, 6.07) is 7.68. The molecule has 1 amide bonds. The Kier molecular flexibility index (Phi) is 3.38. The van der Waals surface area contributed by atoms with E-state index in [4.69, 9.17) is 5.11 Å². The molecule has 0 spiro atoms. The minimum Gasteiger partial charge on any atom is -0.464 e. The molecule has 9 heteroatoms. The van der Waals surface area contributed by atoms with Gasteiger partial charge >= 0.3 is 12.3 Å². The van der Waals surface area contributed by atoms with Gasteiger partial charge in [0.25, 0.3) is 0 Å². The number of carbonyl (C=O) groups is 1. The minimum absolute atomic E-state index is 0.169. The highest BCUT2D eigenvalue weighted by molar-refractivity contribution is 7.15. The quantitative estimate of drug-likeness (QED) is 0.920. The Morgan fingerprint density at radius 2 is 1.84 bits per heavy atom. The third kappa shape index (κ3) is 2.81. The Bertz CT molecular complexity index is 585. The number of amides is 1. The Labute approximate surface area is 108 Å². The zero-order chi connectivity index (χ0) is 14.0. The van der Waals surface area contributed by atoms with Gasteiger partial charge in [0.1, 0.15) is 0 Å². The van der Waals surface area contributed by atoms with Crippen LogP contribution in [-0.4, -0.2) is 21.4 Å². The van der Waals surface area contributed by atoms with Crippen LogP contribution in [0.25, 0.3) is 0 Å². The van der Waals surface area contributed by atoms with Crippen LogP contribution in [0.15, 0.2) is 30.3 Å². The monoisotopic (exact) mass is 289 g/mol. The summed E-state index contributed by atoms with van der Waals surface area (Å²) in [6.07, 6.45) is -6.08. The molecule has 0 atom stereocenters. The maximum Gasteiger partial charge on any atom is 0.445 e. The Morgan fingerprint density at radius 3 is 2.32 bits per heavy atom. The first-order valence-corrected chi connectivity index (χ1v) is 5.70. The van der Waals surface area contributed by atoms with Crippen molar-refractivity contribution < 1.29 is 23.1 Å². The predicted molar refractivity (Wildman–Crippen MR) is 61.5 cm³/mol. The lowest BCUT2D eigenvalue weighted by atomic mass is 10.3. The number of anilines is 2. The average Bonchev–Trinajstić information content (AvgIpc) is 2.79. The van der Waals surface area contributed by atoms with Crippen molar-refractivity contribution in [2.75, 3.05) is 4.90 Å². The fourth-order valence-electron chi connectivity index (χ4n) is 1.30. The van der Waals surface area contributed by atoms with Gasteiger partial charge in [0.05, 0.1) is 5.69 Å². The van der Waals surface area contributed by atoms with E-state index in [0.29, 0.717) is 4.90 Å². The van der Waals surface area contributed by atoms with Crippen LogP contribution < -0.4 is 4.90 Å². The number of benzene rings is 1. The number of nitrogens with zero attached hydrogens (tertiary/aromatic N) is 3. The highest BCUT2D eigenvalue weighted by atomic mass is 32.1. The van der Waals surface area contributed by atoms with Crippen LogP contribution in [0.2, 0.25) is 0 Å². The van der Waals surface area contributed by atoms with Crippen molar-refractivity contribution >= 4 is 28.2 Å². The highest BCUT2D eigenvalue weighted by Crippen LogP contribution is 2.36. The van der Waals surface area contributed by atoms with E-state index in [1.807, 2.05) is 0 Å². The molecule has 0 saturated heterocycles. The van der Waals surface area contributed by atoms with Gasteiger partial charge in [0.2, 0.25) is 10.1 Å². The lowest BCUT2D eigenvalue weighted by molar-refractivity contribution is -0.138. The first-order valence-electron chi connectivity index (χ1n) is 4.88. The second kappa shape index (κ2) is 4.84. The van der Waals surface area contributed by atoms with Crippen LogP contribution in [0, 0.1) is 0 Å². The third-order valence-electron chi connectivity index (χ3n) is 2.05. The van der Waals surface area contributed by atoms with Crippen LogP contribution in [-0.2, 0) is 6.18 Å². The highest BCUT2D eigenvalue weighted by Gasteiger charge is 2.37. The lowest BCUT2D eigenvalue weighted by Gasteiger charge is -2.14. The molecular formula is C10H6F3N3O2S. The molecule has 1 aromatic carbocycles. The first kappa shape index (κ1) is 13.3. The van der Waals surface area contributed by atoms with Crippen molar-refractivity contribution in [2.24, 2.45) is 0 Å². The van der Waals surface area contributed by atoms with Crippen molar-refractivity contribution in [2.45, 2.75) is 6.18 Å². The molecule has 0 aliphatic carbocycles. The van der Waals surface area contributed by atoms with E-state index in [1.54, 1.807) is 18.2 Å². The van der Waals surface area contributed by atoms with Gasteiger partial charge in [-0.15, -0.1) is 10.2 Å². The van der Waals surface area contributed by atoms with Gasteiger partial charge in [-0.2, -0.15) is 13.2 Å². The Morgan fingerprint density at radius 1 is 1.21 bits per heavy atom. The number of carboxylic acid groups (broad SMARTS) is 1. The van der Waals surface area contributed by atoms with Crippen LogP contribution in [0.4, 0.5) is 28.8 Å². The molecule has 1 N–H and O–H groups in total. The molecular weight excluding hydrogens is 283 g/mol. The van der Waals surface area contributed by atoms with Crippen molar-refractivity contribution in [3.05, 3.63) is 35.3 Å². The smallest absolute Gasteiger partial charge is 0.445 e. The molecule has 2 rings (SSSR count). The summed E-state index contributed by atoms with van der Waals surface area (Å²) in [5.74, 6) is 0. The van der Waals surface area contributed by atoms with Crippen LogP contribution in [0.1, 0.15) is 5.01 Å². The normalized spacial score (nSPS) is 11.3. The molecule has 0 saturated carbocycles. The summed E-state index contributed by atoms with van der Waals surface area (Å²) >= 11 is 0.169. The molecule has 100 valence electrons. The van der Waals surface area contributed by atoms with Crippen molar-refractivity contribution in [3.63, 3.8) is 0 Å². The SMILES string of the molecule is O=C(O)N(c1ccccc1)c1nnc(C(F)(F)F)s1. The molecule has 0 radical (unpaired) electrons. The van der Waals surface area contributed by atoms with Gasteiger partial charge in [-0.25, -0.2) is 9.69 Å². The summed E-state index contributed by atoms with van der Waals surface area (Å²) in [7, 11) is 0. The van der Waals surface area contributed by atoms with E-state index in [0.717, 1.165) is 0 Å². The summed E-state index contributed by atoms with van der Waals surface area (Å²) < 4.78 is 37.2. The summed E-state index contributed by atoms with van der Waals surface area (Å²) in [6.45, 7) is 0. The van der Waals surface area contributed by atoms with Crippen LogP contribution in [0.5, 0.6) is 0 Å². The molecule has 0 aliphatic rings. The minimum atomic E-state index is -4.64. The fourth-order valence-corrected chi connectivity index (χ4v) is 2.03. The maximum atomic E-state index is 12.4. The Balaban J connectivity index is 2.41. The molecule has 2 aromatic rings. The molecule has 0 fully saturated rings. The number of hydrogen-bond acceptors (Lipinski definition) is 4. The van der Waals surface area contributed by atoms with E-state index in [-0.39, 0.29) is 22.2 Å². The maximum absolute atomic E-state index is 12.4. The molecule has 0 aliphatic heterocycles. The summed E-state index contributed by atoms with van der Waals surface area (Å²) in [5, 5.41) is 13.8. The number of hydrogen-bond donors (Lipinski definition) is 1. The zero-order valence-corrected chi connectivity index (χ0v) is 9.94. The summed E-state index contributed by atoms with van der Waals surface area (Å²) in [5.41, 5.74) is 0.194. The molecule has 1 heterocycles. The van der Waals surface area contributed by atoms with E-state index >= 15 is 0 Å². The largest absolute Gasteiger partial charge is 0.464 e. The van der Waals surface area contributed by atoms with Gasteiger partial charge in [0, 0.05) is 0 Å². The fraction of sp³-hybridized carbons (Fsp3) is 0.100. The van der Waals surface area contributed by atoms with Crippen molar-refractivity contribution in [1.29, 1.82) is 0 Å². The average molecular weight is 289 g/mol. The summed E-state index contributed by atoms with van der Waals surface area (Å²) in [4.78, 5) is 11.8. The van der Waals surface area contributed by atoms with Gasteiger partial charge in [-0.05, 0) is 12.1 Å². The van der Waals surface area contributed by atoms with Gasteiger partial charge < -0.3 is 5.11 Å². The van der Waals surface area contributed by atoms with Crippen molar-refractivity contribution in [3.8, 4) is 0 Å².